The number of anilines is 1. The fraction of sp³-hybridized carbons (Fsp3) is 0.276. The van der Waals surface area contributed by atoms with Gasteiger partial charge in [-0.3, -0.25) is 14.5 Å². The van der Waals surface area contributed by atoms with E-state index in [0.717, 1.165) is 32.6 Å². The van der Waals surface area contributed by atoms with Crippen molar-refractivity contribution in [3.8, 4) is 0 Å². The molecule has 5 nitrogen and oxygen atoms in total. The van der Waals surface area contributed by atoms with Gasteiger partial charge in [-0.1, -0.05) is 54.6 Å². The average Bonchev–Trinajstić information content (AvgIpc) is 2.89. The van der Waals surface area contributed by atoms with Crippen LogP contribution in [0.15, 0.2) is 72.8 Å². The number of thiocarbonyl (C=S) groups is 1. The van der Waals surface area contributed by atoms with Crippen LogP contribution in [0.4, 0.5) is 5.69 Å². The first-order chi connectivity index (χ1) is 17.1. The van der Waals surface area contributed by atoms with Gasteiger partial charge in [0.25, 0.3) is 0 Å². The smallest absolute Gasteiger partial charge is 0.194 e. The van der Waals surface area contributed by atoms with E-state index in [1.54, 1.807) is 42.5 Å². The molecule has 3 aromatic rings. The second-order valence-corrected chi connectivity index (χ2v) is 9.75. The molecule has 0 spiro atoms. The number of nitrogens with one attached hydrogen (secondary N) is 2. The number of hydrogen-bond donors (Lipinski definition) is 2. The molecule has 0 atom stereocenters. The Morgan fingerprint density at radius 1 is 0.829 bits per heavy atom. The van der Waals surface area contributed by atoms with Crippen LogP contribution in [-0.4, -0.2) is 41.2 Å². The summed E-state index contributed by atoms with van der Waals surface area (Å²) in [5.41, 5.74) is 3.87. The number of ketones is 2. The normalized spacial score (nSPS) is 15.9. The Morgan fingerprint density at radius 2 is 1.46 bits per heavy atom. The molecule has 1 saturated heterocycles. The summed E-state index contributed by atoms with van der Waals surface area (Å²) in [7, 11) is 0. The molecule has 1 heterocycles. The lowest BCUT2D eigenvalue weighted by Crippen LogP contribution is -2.35. The van der Waals surface area contributed by atoms with Crippen molar-refractivity contribution < 1.29 is 9.59 Å². The summed E-state index contributed by atoms with van der Waals surface area (Å²) in [4.78, 5) is 28.2. The average molecular weight is 484 g/mol. The maximum Gasteiger partial charge on any atom is 0.194 e. The van der Waals surface area contributed by atoms with Gasteiger partial charge in [0.15, 0.2) is 16.7 Å². The van der Waals surface area contributed by atoms with Crippen molar-refractivity contribution in [3.05, 3.63) is 101 Å². The molecule has 178 valence electrons. The first kappa shape index (κ1) is 23.4. The van der Waals surface area contributed by atoms with Gasteiger partial charge >= 0.3 is 0 Å². The molecule has 0 unspecified atom stereocenters. The highest BCUT2D eigenvalue weighted by Gasteiger charge is 2.29. The SMILES string of the molecule is O=C1c2ccccc2C(=O)c2cc(NC(=S)NCCC3CCN(Cc4ccccc4)CC3)ccc21. The van der Waals surface area contributed by atoms with Gasteiger partial charge in [-0.25, -0.2) is 0 Å². The Bertz CT molecular complexity index is 1250. The largest absolute Gasteiger partial charge is 0.362 e. The highest BCUT2D eigenvalue weighted by molar-refractivity contribution is 7.80. The highest BCUT2D eigenvalue weighted by atomic mass is 32.1. The molecule has 0 amide bonds. The second-order valence-electron chi connectivity index (χ2n) is 9.34. The number of hydrogen-bond acceptors (Lipinski definition) is 4. The van der Waals surface area contributed by atoms with Crippen LogP contribution in [0.5, 0.6) is 0 Å². The minimum Gasteiger partial charge on any atom is -0.362 e. The molecular formula is C29H29N3O2S. The maximum absolute atomic E-state index is 12.9. The molecule has 0 bridgehead atoms. The summed E-state index contributed by atoms with van der Waals surface area (Å²) in [6.45, 7) is 4.10. The van der Waals surface area contributed by atoms with Crippen LogP contribution in [0, 0.1) is 5.92 Å². The van der Waals surface area contributed by atoms with E-state index in [1.807, 2.05) is 0 Å². The van der Waals surface area contributed by atoms with Crippen molar-refractivity contribution in [1.82, 2.24) is 10.2 Å². The van der Waals surface area contributed by atoms with Crippen molar-refractivity contribution in [2.24, 2.45) is 5.92 Å². The Balaban J connectivity index is 1.09. The fourth-order valence-electron chi connectivity index (χ4n) is 5.02. The van der Waals surface area contributed by atoms with Crippen molar-refractivity contribution in [2.75, 3.05) is 25.0 Å². The van der Waals surface area contributed by atoms with Crippen LogP contribution in [-0.2, 0) is 6.54 Å². The summed E-state index contributed by atoms with van der Waals surface area (Å²) in [5, 5.41) is 7.00. The van der Waals surface area contributed by atoms with Gasteiger partial charge in [0.1, 0.15) is 0 Å². The second kappa shape index (κ2) is 10.5. The van der Waals surface area contributed by atoms with E-state index in [9.17, 15) is 9.59 Å². The Labute approximate surface area is 211 Å². The lowest BCUT2D eigenvalue weighted by Gasteiger charge is -2.32. The standard InChI is InChI=1S/C29H29N3O2S/c33-27-23-8-4-5-9-24(23)28(34)26-18-22(10-11-25(26)27)31-29(35)30-15-12-20-13-16-32(17-14-20)19-21-6-2-1-3-7-21/h1-11,18,20H,12-17,19H2,(H2,30,31,35). The van der Waals surface area contributed by atoms with Crippen LogP contribution in [0.1, 0.15) is 56.7 Å². The summed E-state index contributed by atoms with van der Waals surface area (Å²) >= 11 is 5.48. The van der Waals surface area contributed by atoms with Crippen LogP contribution in [0.25, 0.3) is 0 Å². The van der Waals surface area contributed by atoms with Gasteiger partial charge in [-0.2, -0.15) is 0 Å². The third kappa shape index (κ3) is 5.34. The van der Waals surface area contributed by atoms with E-state index in [4.69, 9.17) is 12.2 Å². The van der Waals surface area contributed by atoms with E-state index in [-0.39, 0.29) is 11.6 Å². The molecule has 1 aliphatic heterocycles. The van der Waals surface area contributed by atoms with Crippen LogP contribution in [0.3, 0.4) is 0 Å². The molecule has 0 saturated carbocycles. The maximum atomic E-state index is 12.9. The van der Waals surface area contributed by atoms with E-state index in [0.29, 0.717) is 39.0 Å². The molecule has 3 aromatic carbocycles. The van der Waals surface area contributed by atoms with Crippen molar-refractivity contribution in [2.45, 2.75) is 25.8 Å². The third-order valence-corrected chi connectivity index (χ3v) is 7.22. The van der Waals surface area contributed by atoms with Gasteiger partial charge in [0.2, 0.25) is 0 Å². The monoisotopic (exact) mass is 483 g/mol. The topological polar surface area (TPSA) is 61.4 Å². The molecular weight excluding hydrogens is 454 g/mol. The summed E-state index contributed by atoms with van der Waals surface area (Å²) in [6, 6.07) is 22.9. The summed E-state index contributed by atoms with van der Waals surface area (Å²) < 4.78 is 0. The molecule has 2 N–H and O–H groups in total. The van der Waals surface area contributed by atoms with Crippen molar-refractivity contribution in [1.29, 1.82) is 0 Å². The van der Waals surface area contributed by atoms with Crippen molar-refractivity contribution in [3.63, 3.8) is 0 Å². The summed E-state index contributed by atoms with van der Waals surface area (Å²) in [6.07, 6.45) is 3.49. The highest BCUT2D eigenvalue weighted by Crippen LogP contribution is 2.29. The van der Waals surface area contributed by atoms with Gasteiger partial charge in [0.05, 0.1) is 0 Å². The zero-order valence-corrected chi connectivity index (χ0v) is 20.4. The number of fused-ring (bicyclic) bond motifs is 2. The molecule has 2 aliphatic rings. The lowest BCUT2D eigenvalue weighted by atomic mass is 9.84. The van der Waals surface area contributed by atoms with Crippen LogP contribution < -0.4 is 10.6 Å². The van der Waals surface area contributed by atoms with Gasteiger partial charge in [0, 0.05) is 41.0 Å². The van der Waals surface area contributed by atoms with Crippen LogP contribution >= 0.6 is 12.2 Å². The van der Waals surface area contributed by atoms with Gasteiger partial charge in [-0.05, 0) is 74.3 Å². The molecule has 6 heteroatoms. The number of nitrogens with zero attached hydrogens (tertiary/aromatic N) is 1. The van der Waals surface area contributed by atoms with Gasteiger partial charge in [-0.15, -0.1) is 0 Å². The van der Waals surface area contributed by atoms with E-state index >= 15 is 0 Å². The number of carbonyl (C=O) groups is 2. The van der Waals surface area contributed by atoms with Crippen LogP contribution in [0.2, 0.25) is 0 Å². The number of carbonyl (C=O) groups excluding carboxylic acids is 2. The van der Waals surface area contributed by atoms with E-state index in [1.165, 1.54) is 18.4 Å². The number of likely N-dealkylation sites (tertiary alicyclic amines) is 1. The zero-order chi connectivity index (χ0) is 24.2. The molecule has 5 rings (SSSR count). The molecule has 0 aromatic heterocycles. The van der Waals surface area contributed by atoms with Gasteiger partial charge < -0.3 is 10.6 Å². The fourth-order valence-corrected chi connectivity index (χ4v) is 5.24. The molecule has 0 radical (unpaired) electrons. The minimum atomic E-state index is -0.128. The molecule has 35 heavy (non-hydrogen) atoms. The number of rotatable bonds is 6. The third-order valence-electron chi connectivity index (χ3n) is 6.98. The molecule has 1 fully saturated rings. The molecule has 1 aliphatic carbocycles. The number of benzene rings is 3. The predicted molar refractivity (Wildman–Crippen MR) is 143 cm³/mol. The Morgan fingerprint density at radius 3 is 2.17 bits per heavy atom. The van der Waals surface area contributed by atoms with Crippen molar-refractivity contribution >= 4 is 34.6 Å². The van der Waals surface area contributed by atoms with E-state index < -0.39 is 0 Å². The Hall–Kier alpha value is -3.35. The first-order valence-electron chi connectivity index (χ1n) is 12.2. The Kier molecular flexibility index (Phi) is 7.02. The number of piperidine rings is 1. The predicted octanol–water partition coefficient (Wildman–Crippen LogP) is 5.05. The quantitative estimate of drug-likeness (QED) is 0.374. The lowest BCUT2D eigenvalue weighted by molar-refractivity contribution is 0.0979. The van der Waals surface area contributed by atoms with E-state index in [2.05, 4.69) is 45.9 Å². The first-order valence-corrected chi connectivity index (χ1v) is 12.6. The zero-order valence-electron chi connectivity index (χ0n) is 19.6. The minimum absolute atomic E-state index is 0.114. The summed E-state index contributed by atoms with van der Waals surface area (Å²) in [5.74, 6) is 0.457.